The third-order valence-corrected chi connectivity index (χ3v) is 5.07. The number of guanidine groups is 1. The minimum atomic E-state index is -0.0176. The summed E-state index contributed by atoms with van der Waals surface area (Å²) in [5.41, 5.74) is 1.23. The summed E-state index contributed by atoms with van der Waals surface area (Å²) in [7, 11) is 1.73. The van der Waals surface area contributed by atoms with Crippen molar-refractivity contribution >= 4 is 11.9 Å². The fourth-order valence-electron chi connectivity index (χ4n) is 3.42. The number of aliphatic imine (C=N–C) groups is 1. The third kappa shape index (κ3) is 8.43. The van der Waals surface area contributed by atoms with E-state index in [0.717, 1.165) is 25.9 Å². The average molecular weight is 374 g/mol. The summed E-state index contributed by atoms with van der Waals surface area (Å²) in [6.45, 7) is 6.40. The highest BCUT2D eigenvalue weighted by Gasteiger charge is 2.17. The number of hydrogen-bond donors (Lipinski definition) is 3. The maximum absolute atomic E-state index is 12.0. The summed E-state index contributed by atoms with van der Waals surface area (Å²) in [6.07, 6.45) is 5.92. The van der Waals surface area contributed by atoms with E-state index in [2.05, 4.69) is 44.9 Å². The van der Waals surface area contributed by atoms with Crippen molar-refractivity contribution in [1.82, 2.24) is 20.9 Å². The maximum atomic E-state index is 12.0. The first-order chi connectivity index (χ1) is 13.2. The second-order valence-corrected chi connectivity index (χ2v) is 7.17. The van der Waals surface area contributed by atoms with Gasteiger partial charge in [-0.15, -0.1) is 0 Å². The van der Waals surface area contributed by atoms with Crippen LogP contribution in [0.2, 0.25) is 0 Å². The molecule has 6 heteroatoms. The van der Waals surface area contributed by atoms with Gasteiger partial charge < -0.3 is 20.9 Å². The molecule has 1 atom stereocenters. The number of nitrogens with zero attached hydrogens (tertiary/aromatic N) is 2. The molecule has 0 radical (unpaired) electrons. The van der Waals surface area contributed by atoms with Crippen molar-refractivity contribution in [3.63, 3.8) is 0 Å². The van der Waals surface area contributed by atoms with Gasteiger partial charge in [-0.05, 0) is 44.7 Å². The lowest BCUT2D eigenvalue weighted by molar-refractivity contribution is -0.119. The van der Waals surface area contributed by atoms with Crippen molar-refractivity contribution in [1.29, 1.82) is 0 Å². The molecule has 0 saturated carbocycles. The van der Waals surface area contributed by atoms with E-state index >= 15 is 0 Å². The van der Waals surface area contributed by atoms with Crippen LogP contribution in [-0.2, 0) is 11.2 Å². The van der Waals surface area contributed by atoms with Crippen LogP contribution in [0.25, 0.3) is 0 Å². The number of benzene rings is 1. The van der Waals surface area contributed by atoms with Crippen molar-refractivity contribution in [2.75, 3.05) is 39.8 Å². The molecule has 2 rings (SSSR count). The molecule has 1 saturated heterocycles. The van der Waals surface area contributed by atoms with E-state index < -0.39 is 0 Å². The van der Waals surface area contributed by atoms with Gasteiger partial charge >= 0.3 is 0 Å². The van der Waals surface area contributed by atoms with Gasteiger partial charge in [-0.2, -0.15) is 0 Å². The Balaban J connectivity index is 1.54. The monoisotopic (exact) mass is 373 g/mol. The molecule has 1 heterocycles. The Bertz CT molecular complexity index is 575. The van der Waals surface area contributed by atoms with Crippen molar-refractivity contribution in [3.05, 3.63) is 35.9 Å². The highest BCUT2D eigenvalue weighted by molar-refractivity contribution is 5.86. The molecule has 1 aliphatic rings. The molecule has 1 fully saturated rings. The number of hydrogen-bond acceptors (Lipinski definition) is 3. The molecule has 3 N–H and O–H groups in total. The highest BCUT2D eigenvalue weighted by atomic mass is 16.1. The normalized spacial score (nSPS) is 18.1. The van der Waals surface area contributed by atoms with Crippen LogP contribution in [0.15, 0.2) is 35.3 Å². The van der Waals surface area contributed by atoms with E-state index in [1.54, 1.807) is 7.05 Å². The first-order valence-electron chi connectivity index (χ1n) is 10.2. The quantitative estimate of drug-likeness (QED) is 0.351. The lowest BCUT2D eigenvalue weighted by atomic mass is 10.0. The van der Waals surface area contributed by atoms with Crippen molar-refractivity contribution < 1.29 is 4.79 Å². The Hall–Kier alpha value is -2.08. The van der Waals surface area contributed by atoms with Crippen LogP contribution < -0.4 is 16.0 Å². The Morgan fingerprint density at radius 2 is 1.96 bits per heavy atom. The fraction of sp³-hybridized carbons (Fsp3) is 0.619. The third-order valence-electron chi connectivity index (χ3n) is 5.07. The number of nitrogens with one attached hydrogen (secondary N) is 3. The van der Waals surface area contributed by atoms with Crippen LogP contribution in [0.5, 0.6) is 0 Å². The van der Waals surface area contributed by atoms with Crippen molar-refractivity contribution in [2.45, 2.75) is 45.1 Å². The van der Waals surface area contributed by atoms with E-state index in [-0.39, 0.29) is 12.5 Å². The summed E-state index contributed by atoms with van der Waals surface area (Å²) in [4.78, 5) is 18.7. The van der Waals surface area contributed by atoms with Crippen molar-refractivity contribution in [2.24, 2.45) is 4.99 Å². The van der Waals surface area contributed by atoms with Crippen LogP contribution >= 0.6 is 0 Å². The standard InChI is InChI=1S/C21H35N5O/c1-18-9-6-7-15-26(18)16-8-13-24-21(22-2)25-17-20(27)23-14-12-19-10-4-3-5-11-19/h3-5,10-11,18H,6-9,12-17H2,1-2H3,(H,23,27)(H2,22,24,25). The summed E-state index contributed by atoms with van der Waals surface area (Å²) in [6, 6.07) is 10.9. The Morgan fingerprint density at radius 1 is 1.15 bits per heavy atom. The zero-order valence-electron chi connectivity index (χ0n) is 16.8. The summed E-state index contributed by atoms with van der Waals surface area (Å²) < 4.78 is 0. The van der Waals surface area contributed by atoms with Crippen LogP contribution in [0.3, 0.4) is 0 Å². The number of carbonyl (C=O) groups is 1. The van der Waals surface area contributed by atoms with Gasteiger partial charge in [-0.25, -0.2) is 0 Å². The van der Waals surface area contributed by atoms with Crippen LogP contribution in [-0.4, -0.2) is 62.6 Å². The molecule has 27 heavy (non-hydrogen) atoms. The Labute approximate surface area is 163 Å². The predicted molar refractivity (Wildman–Crippen MR) is 112 cm³/mol. The van der Waals surface area contributed by atoms with Gasteiger partial charge in [0.1, 0.15) is 0 Å². The van der Waals surface area contributed by atoms with Gasteiger partial charge in [-0.1, -0.05) is 36.8 Å². The Morgan fingerprint density at radius 3 is 2.70 bits per heavy atom. The van der Waals surface area contributed by atoms with Crippen LogP contribution in [0.4, 0.5) is 0 Å². The van der Waals surface area contributed by atoms with Crippen LogP contribution in [0, 0.1) is 0 Å². The smallest absolute Gasteiger partial charge is 0.239 e. The number of carbonyl (C=O) groups excluding carboxylic acids is 1. The number of amides is 1. The molecule has 6 nitrogen and oxygen atoms in total. The van der Waals surface area contributed by atoms with E-state index in [9.17, 15) is 4.79 Å². The Kier molecular flexibility index (Phi) is 9.69. The van der Waals surface area contributed by atoms with Gasteiger partial charge in [-0.3, -0.25) is 9.79 Å². The molecular formula is C21H35N5O. The largest absolute Gasteiger partial charge is 0.356 e. The average Bonchev–Trinajstić information content (AvgIpc) is 2.69. The summed E-state index contributed by atoms with van der Waals surface area (Å²) in [5, 5.41) is 9.31. The highest BCUT2D eigenvalue weighted by Crippen LogP contribution is 2.15. The molecule has 1 aromatic carbocycles. The van der Waals surface area contributed by atoms with Gasteiger partial charge in [0.15, 0.2) is 5.96 Å². The number of likely N-dealkylation sites (tertiary alicyclic amines) is 1. The maximum Gasteiger partial charge on any atom is 0.239 e. The first-order valence-corrected chi connectivity index (χ1v) is 10.2. The minimum Gasteiger partial charge on any atom is -0.356 e. The predicted octanol–water partition coefficient (Wildman–Crippen LogP) is 1.77. The lowest BCUT2D eigenvalue weighted by Crippen LogP contribution is -2.44. The van der Waals surface area contributed by atoms with Crippen molar-refractivity contribution in [3.8, 4) is 0 Å². The molecule has 0 aromatic heterocycles. The molecular weight excluding hydrogens is 338 g/mol. The van der Waals surface area contributed by atoms with E-state index in [0.29, 0.717) is 18.5 Å². The molecule has 1 amide bonds. The molecule has 150 valence electrons. The van der Waals surface area contributed by atoms with Gasteiger partial charge in [0.2, 0.25) is 5.91 Å². The zero-order chi connectivity index (χ0) is 19.3. The summed E-state index contributed by atoms with van der Waals surface area (Å²) in [5.74, 6) is 0.663. The second kappa shape index (κ2) is 12.3. The minimum absolute atomic E-state index is 0.0176. The van der Waals surface area contributed by atoms with E-state index in [1.807, 2.05) is 18.2 Å². The second-order valence-electron chi connectivity index (χ2n) is 7.17. The molecule has 0 aliphatic carbocycles. The lowest BCUT2D eigenvalue weighted by Gasteiger charge is -2.33. The molecule has 0 spiro atoms. The summed E-state index contributed by atoms with van der Waals surface area (Å²) >= 11 is 0. The van der Waals surface area contributed by atoms with E-state index in [4.69, 9.17) is 0 Å². The van der Waals surface area contributed by atoms with Gasteiger partial charge in [0.05, 0.1) is 6.54 Å². The fourth-order valence-corrected chi connectivity index (χ4v) is 3.42. The van der Waals surface area contributed by atoms with Gasteiger partial charge in [0, 0.05) is 32.7 Å². The number of rotatable bonds is 9. The SMILES string of the molecule is CN=C(NCCCN1CCCCC1C)NCC(=O)NCCc1ccccc1. The van der Waals surface area contributed by atoms with E-state index in [1.165, 1.54) is 31.4 Å². The molecule has 0 bridgehead atoms. The molecule has 1 aliphatic heterocycles. The molecule has 1 aromatic rings. The van der Waals surface area contributed by atoms with Crippen LogP contribution in [0.1, 0.15) is 38.2 Å². The molecule has 1 unspecified atom stereocenters. The first kappa shape index (κ1) is 21.2. The number of piperidine rings is 1. The zero-order valence-corrected chi connectivity index (χ0v) is 16.8. The van der Waals surface area contributed by atoms with Gasteiger partial charge in [0.25, 0.3) is 0 Å². The topological polar surface area (TPSA) is 68.8 Å².